The van der Waals surface area contributed by atoms with E-state index in [9.17, 15) is 4.39 Å². The summed E-state index contributed by atoms with van der Waals surface area (Å²) in [6.07, 6.45) is 0.729. The number of hydrogen-bond donors (Lipinski definition) is 2. The number of nitrogens with zero attached hydrogens (tertiary/aromatic N) is 1. The van der Waals surface area contributed by atoms with Crippen LogP contribution >= 0.6 is 0 Å². The Morgan fingerprint density at radius 3 is 2.81 bits per heavy atom. The molecule has 2 aromatic rings. The van der Waals surface area contributed by atoms with Crippen molar-refractivity contribution in [2.45, 2.75) is 13.3 Å². The molecule has 0 aliphatic rings. The normalized spacial score (nSPS) is 10.7. The van der Waals surface area contributed by atoms with Gasteiger partial charge in [0, 0.05) is 17.7 Å². The van der Waals surface area contributed by atoms with E-state index in [0.29, 0.717) is 17.8 Å². The Bertz CT molecular complexity index is 491. The van der Waals surface area contributed by atoms with E-state index in [-0.39, 0.29) is 5.82 Å². The molecule has 1 aromatic carbocycles. The quantitative estimate of drug-likeness (QED) is 0.829. The third kappa shape index (κ3) is 1.84. The highest BCUT2D eigenvalue weighted by Crippen LogP contribution is 2.25. The van der Waals surface area contributed by atoms with Crippen molar-refractivity contribution in [2.75, 3.05) is 6.54 Å². The number of H-pyrrole nitrogens is 1. The number of aromatic amines is 1. The monoisotopic (exact) mass is 219 g/mol. The van der Waals surface area contributed by atoms with Crippen LogP contribution in [-0.2, 0) is 6.42 Å². The average Bonchev–Trinajstić information content (AvgIpc) is 2.62. The number of halogens is 1. The second-order valence-electron chi connectivity index (χ2n) is 3.69. The van der Waals surface area contributed by atoms with Gasteiger partial charge in [0.05, 0.1) is 5.69 Å². The van der Waals surface area contributed by atoms with Crippen LogP contribution < -0.4 is 5.73 Å². The lowest BCUT2D eigenvalue weighted by atomic mass is 10.1. The van der Waals surface area contributed by atoms with Crippen LogP contribution in [0.5, 0.6) is 0 Å². The maximum Gasteiger partial charge on any atom is 0.132 e. The molecule has 0 bridgehead atoms. The van der Waals surface area contributed by atoms with Crippen molar-refractivity contribution in [3.63, 3.8) is 0 Å². The fraction of sp³-hybridized carbons (Fsp3) is 0.250. The lowest BCUT2D eigenvalue weighted by Crippen LogP contribution is -2.03. The minimum atomic E-state index is -0.253. The molecule has 3 nitrogen and oxygen atoms in total. The zero-order valence-corrected chi connectivity index (χ0v) is 9.13. The van der Waals surface area contributed by atoms with E-state index in [0.717, 1.165) is 17.7 Å². The van der Waals surface area contributed by atoms with Crippen molar-refractivity contribution in [2.24, 2.45) is 5.73 Å². The summed E-state index contributed by atoms with van der Waals surface area (Å²) in [4.78, 5) is 0. The van der Waals surface area contributed by atoms with Gasteiger partial charge in [-0.3, -0.25) is 5.10 Å². The molecule has 0 unspecified atom stereocenters. The van der Waals surface area contributed by atoms with Crippen LogP contribution in [0.15, 0.2) is 24.3 Å². The number of hydrogen-bond acceptors (Lipinski definition) is 2. The Kier molecular flexibility index (Phi) is 3.01. The first-order valence-corrected chi connectivity index (χ1v) is 5.23. The van der Waals surface area contributed by atoms with Crippen LogP contribution in [0.1, 0.15) is 11.3 Å². The van der Waals surface area contributed by atoms with Gasteiger partial charge in [-0.1, -0.05) is 12.1 Å². The molecule has 0 saturated heterocycles. The van der Waals surface area contributed by atoms with E-state index in [1.165, 1.54) is 6.07 Å². The number of benzene rings is 1. The van der Waals surface area contributed by atoms with Gasteiger partial charge in [-0.2, -0.15) is 5.10 Å². The van der Waals surface area contributed by atoms with Crippen molar-refractivity contribution in [1.29, 1.82) is 0 Å². The van der Waals surface area contributed by atoms with Gasteiger partial charge in [0.25, 0.3) is 0 Å². The van der Waals surface area contributed by atoms with Crippen LogP contribution in [0, 0.1) is 12.7 Å². The first-order chi connectivity index (χ1) is 7.74. The minimum Gasteiger partial charge on any atom is -0.330 e. The smallest absolute Gasteiger partial charge is 0.132 e. The van der Waals surface area contributed by atoms with Crippen molar-refractivity contribution in [1.82, 2.24) is 10.2 Å². The van der Waals surface area contributed by atoms with Gasteiger partial charge in [0.1, 0.15) is 5.82 Å². The van der Waals surface area contributed by atoms with Gasteiger partial charge in [-0.15, -0.1) is 0 Å². The molecule has 0 saturated carbocycles. The molecule has 0 fully saturated rings. The number of aromatic nitrogens is 2. The maximum absolute atomic E-state index is 13.6. The molecule has 2 rings (SSSR count). The number of nitrogens with two attached hydrogens (primary N) is 1. The van der Waals surface area contributed by atoms with Gasteiger partial charge < -0.3 is 5.73 Å². The van der Waals surface area contributed by atoms with Crippen molar-refractivity contribution in [3.05, 3.63) is 41.3 Å². The Balaban J connectivity index is 2.45. The Labute approximate surface area is 93.5 Å². The molecule has 16 heavy (non-hydrogen) atoms. The molecule has 4 heteroatoms. The lowest BCUT2D eigenvalue weighted by Gasteiger charge is -2.00. The second-order valence-corrected chi connectivity index (χ2v) is 3.69. The van der Waals surface area contributed by atoms with Crippen LogP contribution in [0.25, 0.3) is 11.3 Å². The molecule has 0 aliphatic carbocycles. The molecule has 0 atom stereocenters. The summed E-state index contributed by atoms with van der Waals surface area (Å²) >= 11 is 0. The summed E-state index contributed by atoms with van der Waals surface area (Å²) in [5.74, 6) is -0.253. The lowest BCUT2D eigenvalue weighted by molar-refractivity contribution is 0.630. The molecule has 0 radical (unpaired) electrons. The Morgan fingerprint density at radius 2 is 2.12 bits per heavy atom. The van der Waals surface area contributed by atoms with Crippen LogP contribution in [0.3, 0.4) is 0 Å². The Hall–Kier alpha value is -1.68. The molecule has 1 aromatic heterocycles. The third-order valence-corrected chi connectivity index (χ3v) is 2.63. The highest BCUT2D eigenvalue weighted by atomic mass is 19.1. The topological polar surface area (TPSA) is 54.7 Å². The number of nitrogens with one attached hydrogen (secondary N) is 1. The van der Waals surface area contributed by atoms with E-state index in [4.69, 9.17) is 5.73 Å². The van der Waals surface area contributed by atoms with Crippen LogP contribution in [-0.4, -0.2) is 16.7 Å². The minimum absolute atomic E-state index is 0.253. The first-order valence-electron chi connectivity index (χ1n) is 5.23. The third-order valence-electron chi connectivity index (χ3n) is 2.63. The van der Waals surface area contributed by atoms with E-state index in [1.54, 1.807) is 18.2 Å². The molecule has 84 valence electrons. The molecular formula is C12H14FN3. The Morgan fingerprint density at radius 1 is 1.38 bits per heavy atom. The maximum atomic E-state index is 13.6. The molecule has 0 amide bonds. The highest BCUT2D eigenvalue weighted by molar-refractivity contribution is 5.64. The fourth-order valence-electron chi connectivity index (χ4n) is 1.74. The van der Waals surface area contributed by atoms with Gasteiger partial charge in [-0.05, 0) is 31.2 Å². The second kappa shape index (κ2) is 4.45. The summed E-state index contributed by atoms with van der Waals surface area (Å²) in [6.45, 7) is 2.48. The van der Waals surface area contributed by atoms with Gasteiger partial charge in [-0.25, -0.2) is 4.39 Å². The van der Waals surface area contributed by atoms with Gasteiger partial charge >= 0.3 is 0 Å². The molecule has 3 N–H and O–H groups in total. The van der Waals surface area contributed by atoms with E-state index < -0.39 is 0 Å². The van der Waals surface area contributed by atoms with Crippen LogP contribution in [0.4, 0.5) is 4.39 Å². The highest BCUT2D eigenvalue weighted by Gasteiger charge is 2.13. The summed E-state index contributed by atoms with van der Waals surface area (Å²) < 4.78 is 13.6. The van der Waals surface area contributed by atoms with Crippen LogP contribution in [0.2, 0.25) is 0 Å². The van der Waals surface area contributed by atoms with E-state index in [1.807, 2.05) is 6.92 Å². The molecular weight excluding hydrogens is 205 g/mol. The standard InChI is InChI=1S/C12H14FN3/c1-8-11(6-7-14)15-16-12(8)9-4-2-3-5-10(9)13/h2-5H,6-7,14H2,1H3,(H,15,16). The largest absolute Gasteiger partial charge is 0.330 e. The van der Waals surface area contributed by atoms with Crippen molar-refractivity contribution < 1.29 is 4.39 Å². The first kappa shape index (κ1) is 10.8. The molecule has 1 heterocycles. The molecule has 0 spiro atoms. The predicted octanol–water partition coefficient (Wildman–Crippen LogP) is 2.03. The number of rotatable bonds is 3. The summed E-state index contributed by atoms with van der Waals surface area (Å²) in [5, 5.41) is 7.05. The zero-order chi connectivity index (χ0) is 11.5. The van der Waals surface area contributed by atoms with E-state index in [2.05, 4.69) is 10.2 Å². The van der Waals surface area contributed by atoms with E-state index >= 15 is 0 Å². The zero-order valence-electron chi connectivity index (χ0n) is 9.13. The fourth-order valence-corrected chi connectivity index (χ4v) is 1.74. The van der Waals surface area contributed by atoms with Crippen molar-refractivity contribution in [3.8, 4) is 11.3 Å². The van der Waals surface area contributed by atoms with Gasteiger partial charge in [0.15, 0.2) is 0 Å². The summed E-state index contributed by atoms with van der Waals surface area (Å²) in [7, 11) is 0. The summed E-state index contributed by atoms with van der Waals surface area (Å²) in [5.41, 5.74) is 8.62. The predicted molar refractivity (Wildman–Crippen MR) is 61.5 cm³/mol. The summed E-state index contributed by atoms with van der Waals surface area (Å²) in [6, 6.07) is 6.63. The average molecular weight is 219 g/mol. The van der Waals surface area contributed by atoms with Gasteiger partial charge in [0.2, 0.25) is 0 Å². The van der Waals surface area contributed by atoms with Crippen molar-refractivity contribution >= 4 is 0 Å². The molecule has 0 aliphatic heterocycles. The SMILES string of the molecule is Cc1c(-c2ccccc2F)n[nH]c1CCN.